The fourth-order valence-corrected chi connectivity index (χ4v) is 4.79. The Hall–Kier alpha value is -3.94. The van der Waals surface area contributed by atoms with Crippen molar-refractivity contribution in [2.45, 2.75) is 19.6 Å². The Bertz CT molecular complexity index is 1750. The molecule has 0 saturated carbocycles. The molecule has 4 heterocycles. The van der Waals surface area contributed by atoms with Crippen LogP contribution in [-0.2, 0) is 24.3 Å². The van der Waals surface area contributed by atoms with Gasteiger partial charge in [-0.3, -0.25) is 4.79 Å². The second-order valence-corrected chi connectivity index (χ2v) is 8.91. The number of nitrogens with zero attached hydrogens (tertiary/aromatic N) is 4. The summed E-state index contributed by atoms with van der Waals surface area (Å²) in [6, 6.07) is 17.7. The molecule has 0 aliphatic carbocycles. The van der Waals surface area contributed by atoms with E-state index in [1.165, 1.54) is 10.9 Å². The summed E-state index contributed by atoms with van der Waals surface area (Å²) >= 11 is 6.09. The lowest BCUT2D eigenvalue weighted by Gasteiger charge is -2.08. The predicted molar refractivity (Wildman–Crippen MR) is 138 cm³/mol. The topological polar surface area (TPSA) is 77.2 Å². The summed E-state index contributed by atoms with van der Waals surface area (Å²) in [7, 11) is 1.63. The van der Waals surface area contributed by atoms with Crippen LogP contribution in [0.1, 0.15) is 11.3 Å². The van der Waals surface area contributed by atoms with Crippen LogP contribution in [0, 0.1) is 0 Å². The Morgan fingerprint density at radius 2 is 1.89 bits per heavy atom. The van der Waals surface area contributed by atoms with Gasteiger partial charge in [0.05, 0.1) is 28.8 Å². The summed E-state index contributed by atoms with van der Waals surface area (Å²) < 4.78 is 8.87. The minimum atomic E-state index is -0.0893. The van der Waals surface area contributed by atoms with Crippen LogP contribution in [0.15, 0.2) is 78.0 Å². The summed E-state index contributed by atoms with van der Waals surface area (Å²) in [5.74, 6) is 0. The maximum atomic E-state index is 13.4. The predicted octanol–water partition coefficient (Wildman–Crippen LogP) is 5.24. The first kappa shape index (κ1) is 21.6. The molecular weight excluding hydrogens is 462 g/mol. The largest absolute Gasteiger partial charge is 0.378 e. The van der Waals surface area contributed by atoms with E-state index in [4.69, 9.17) is 21.4 Å². The Morgan fingerprint density at radius 1 is 1.06 bits per heavy atom. The third-order valence-electron chi connectivity index (χ3n) is 6.37. The molecule has 35 heavy (non-hydrogen) atoms. The normalized spacial score (nSPS) is 11.7. The van der Waals surface area contributed by atoms with Gasteiger partial charge < -0.3 is 14.3 Å². The third kappa shape index (κ3) is 3.69. The van der Waals surface area contributed by atoms with Crippen molar-refractivity contribution in [3.8, 4) is 11.1 Å². The summed E-state index contributed by atoms with van der Waals surface area (Å²) in [6.07, 6.45) is 6.23. The number of H-pyrrole nitrogens is 1. The number of ether oxygens (including phenoxy) is 1. The average molecular weight is 484 g/mol. The number of aromatic nitrogens is 5. The number of pyridine rings is 1. The summed E-state index contributed by atoms with van der Waals surface area (Å²) in [4.78, 5) is 21.3. The minimum Gasteiger partial charge on any atom is -0.378 e. The van der Waals surface area contributed by atoms with E-state index >= 15 is 0 Å². The molecule has 4 aromatic heterocycles. The van der Waals surface area contributed by atoms with Crippen molar-refractivity contribution in [1.29, 1.82) is 0 Å². The zero-order valence-corrected chi connectivity index (χ0v) is 19.8. The molecule has 0 radical (unpaired) electrons. The van der Waals surface area contributed by atoms with E-state index in [1.54, 1.807) is 22.4 Å². The van der Waals surface area contributed by atoms with Gasteiger partial charge in [0.1, 0.15) is 0 Å². The van der Waals surface area contributed by atoms with Gasteiger partial charge in [0.2, 0.25) is 0 Å². The first-order valence-corrected chi connectivity index (χ1v) is 11.7. The molecular formula is C27H22ClN5O2. The number of benzene rings is 2. The van der Waals surface area contributed by atoms with Crippen molar-refractivity contribution < 1.29 is 4.74 Å². The molecule has 0 unspecified atom stereocenters. The highest BCUT2D eigenvalue weighted by atomic mass is 35.5. The van der Waals surface area contributed by atoms with E-state index in [9.17, 15) is 4.79 Å². The van der Waals surface area contributed by atoms with Gasteiger partial charge in [-0.2, -0.15) is 5.10 Å². The number of aromatic amines is 1. The molecule has 0 atom stereocenters. The van der Waals surface area contributed by atoms with Crippen LogP contribution < -0.4 is 5.56 Å². The van der Waals surface area contributed by atoms with Crippen LogP contribution in [0.25, 0.3) is 38.6 Å². The van der Waals surface area contributed by atoms with Gasteiger partial charge in [-0.15, -0.1) is 0 Å². The maximum Gasteiger partial charge on any atom is 0.261 e. The zero-order chi connectivity index (χ0) is 23.9. The Labute approximate surface area is 205 Å². The summed E-state index contributed by atoms with van der Waals surface area (Å²) in [5.41, 5.74) is 6.13. The number of hydrogen-bond donors (Lipinski definition) is 1. The molecule has 0 amide bonds. The van der Waals surface area contributed by atoms with Crippen molar-refractivity contribution in [3.63, 3.8) is 0 Å². The van der Waals surface area contributed by atoms with Crippen molar-refractivity contribution >= 4 is 39.1 Å². The molecule has 8 heteroatoms. The van der Waals surface area contributed by atoms with E-state index in [0.29, 0.717) is 34.7 Å². The molecule has 6 aromatic rings. The SMILES string of the molecule is COCc1nn2c(ncc3c(=O)n(CCc4c[nH]c5ccccc45)ccc32)c1-c1ccc(Cl)cc1. The lowest BCUT2D eigenvalue weighted by atomic mass is 10.1. The Balaban J connectivity index is 1.42. The highest BCUT2D eigenvalue weighted by molar-refractivity contribution is 6.30. The Kier molecular flexibility index (Phi) is 5.36. The van der Waals surface area contributed by atoms with Crippen LogP contribution in [0.2, 0.25) is 5.02 Å². The first-order chi connectivity index (χ1) is 17.1. The van der Waals surface area contributed by atoms with Gasteiger partial charge in [-0.05, 0) is 41.8 Å². The molecule has 0 fully saturated rings. The number of nitrogens with one attached hydrogen (secondary N) is 1. The van der Waals surface area contributed by atoms with Crippen LogP contribution in [0.5, 0.6) is 0 Å². The number of fused-ring (bicyclic) bond motifs is 4. The van der Waals surface area contributed by atoms with E-state index in [-0.39, 0.29) is 5.56 Å². The van der Waals surface area contributed by atoms with Gasteiger partial charge in [-0.25, -0.2) is 9.50 Å². The van der Waals surface area contributed by atoms with E-state index < -0.39 is 0 Å². The van der Waals surface area contributed by atoms with Gasteiger partial charge >= 0.3 is 0 Å². The van der Waals surface area contributed by atoms with Crippen molar-refractivity contribution in [2.75, 3.05) is 7.11 Å². The minimum absolute atomic E-state index is 0.0893. The number of rotatable bonds is 6. The summed E-state index contributed by atoms with van der Waals surface area (Å²) in [5, 5.41) is 7.13. The number of hydrogen-bond acceptors (Lipinski definition) is 4. The molecule has 0 spiro atoms. The summed E-state index contributed by atoms with van der Waals surface area (Å²) in [6.45, 7) is 0.892. The van der Waals surface area contributed by atoms with Crippen LogP contribution in [0.3, 0.4) is 0 Å². The molecule has 1 N–H and O–H groups in total. The Morgan fingerprint density at radius 3 is 2.71 bits per heavy atom. The number of aryl methyl sites for hydroxylation is 2. The fraction of sp³-hybridized carbons (Fsp3) is 0.148. The van der Waals surface area contributed by atoms with Crippen molar-refractivity contribution in [2.24, 2.45) is 0 Å². The van der Waals surface area contributed by atoms with E-state index in [0.717, 1.165) is 28.8 Å². The monoisotopic (exact) mass is 483 g/mol. The van der Waals surface area contributed by atoms with Crippen LogP contribution in [-0.4, -0.2) is 31.3 Å². The third-order valence-corrected chi connectivity index (χ3v) is 6.62. The molecule has 174 valence electrons. The molecule has 0 aliphatic heterocycles. The highest BCUT2D eigenvalue weighted by Gasteiger charge is 2.19. The van der Waals surface area contributed by atoms with Crippen molar-refractivity contribution in [1.82, 2.24) is 24.1 Å². The van der Waals surface area contributed by atoms with Gasteiger partial charge in [0.15, 0.2) is 5.65 Å². The molecule has 0 aliphatic rings. The van der Waals surface area contributed by atoms with Gasteiger partial charge in [-0.1, -0.05) is 41.9 Å². The van der Waals surface area contributed by atoms with Gasteiger partial charge in [0, 0.05) is 48.2 Å². The lowest BCUT2D eigenvalue weighted by molar-refractivity contribution is 0.181. The lowest BCUT2D eigenvalue weighted by Crippen LogP contribution is -2.21. The number of methoxy groups -OCH3 is 1. The standard InChI is InChI=1S/C27H22ClN5O2/c1-35-16-23-25(17-6-8-19(28)9-7-17)26-30-15-21-24(33(26)31-23)11-13-32(27(21)34)12-10-18-14-29-22-5-3-2-4-20(18)22/h2-9,11,13-15,29H,10,12,16H2,1H3. The smallest absolute Gasteiger partial charge is 0.261 e. The quantitative estimate of drug-likeness (QED) is 0.351. The first-order valence-electron chi connectivity index (χ1n) is 11.3. The molecule has 6 rings (SSSR count). The van der Waals surface area contributed by atoms with E-state index in [1.807, 2.05) is 54.9 Å². The van der Waals surface area contributed by atoms with Crippen LogP contribution in [0.4, 0.5) is 0 Å². The van der Waals surface area contributed by atoms with Crippen molar-refractivity contribution in [3.05, 3.63) is 99.8 Å². The molecule has 0 saturated heterocycles. The zero-order valence-electron chi connectivity index (χ0n) is 19.0. The second-order valence-electron chi connectivity index (χ2n) is 8.48. The fourth-order valence-electron chi connectivity index (χ4n) is 4.66. The van der Waals surface area contributed by atoms with Gasteiger partial charge in [0.25, 0.3) is 5.56 Å². The highest BCUT2D eigenvalue weighted by Crippen LogP contribution is 2.30. The number of para-hydroxylation sites is 1. The number of halogens is 1. The molecule has 2 aromatic carbocycles. The van der Waals surface area contributed by atoms with Crippen LogP contribution >= 0.6 is 11.6 Å². The maximum absolute atomic E-state index is 13.4. The average Bonchev–Trinajstić information content (AvgIpc) is 3.46. The molecule has 7 nitrogen and oxygen atoms in total. The molecule has 0 bridgehead atoms. The second kappa shape index (κ2) is 8.69. The van der Waals surface area contributed by atoms with E-state index in [2.05, 4.69) is 22.1 Å².